The molecule has 0 heterocycles. The fourth-order valence-electron chi connectivity index (χ4n) is 4.26. The average molecular weight is 208 g/mol. The molecule has 2 fully saturated rings. The van der Waals surface area contributed by atoms with Crippen molar-refractivity contribution in [3.8, 4) is 0 Å². The molecule has 0 radical (unpaired) electrons. The third kappa shape index (κ3) is 1.25. The molecule has 0 amide bonds. The molecule has 0 aliphatic heterocycles. The van der Waals surface area contributed by atoms with E-state index in [1.165, 1.54) is 32.4 Å². The first kappa shape index (κ1) is 11.2. The Bertz CT molecular complexity index is 275. The number of likely N-dealkylation sites (N-methyl/N-ethyl adjacent to an activating group) is 1. The van der Waals surface area contributed by atoms with E-state index in [-0.39, 0.29) is 0 Å². The maximum absolute atomic E-state index is 4.46. The van der Waals surface area contributed by atoms with Gasteiger partial charge in [0.2, 0.25) is 0 Å². The van der Waals surface area contributed by atoms with Crippen LogP contribution in [0, 0.1) is 11.3 Å². The van der Waals surface area contributed by atoms with E-state index in [0.717, 1.165) is 5.92 Å². The summed E-state index contributed by atoms with van der Waals surface area (Å²) in [7, 11) is 0. The van der Waals surface area contributed by atoms with Gasteiger partial charge in [-0.25, -0.2) is 0 Å². The monoisotopic (exact) mass is 208 g/mol. The molecule has 0 saturated heterocycles. The minimum Gasteiger partial charge on any atom is -0.327 e. The average Bonchev–Trinajstić information content (AvgIpc) is 2.70. The lowest BCUT2D eigenvalue weighted by atomic mass is 9.71. The van der Waals surface area contributed by atoms with Crippen LogP contribution in [0.4, 0.5) is 0 Å². The molecule has 0 aromatic heterocycles. The molecule has 1 N–H and O–H groups in total. The van der Waals surface area contributed by atoms with Crippen molar-refractivity contribution in [3.05, 3.63) is 12.2 Å². The summed E-state index contributed by atoms with van der Waals surface area (Å²) < 4.78 is 0. The highest BCUT2D eigenvalue weighted by atomic mass is 15.2. The Morgan fingerprint density at radius 1 is 1.33 bits per heavy atom. The number of nitrogens with one attached hydrogen (secondary N) is 1. The lowest BCUT2D eigenvalue weighted by Gasteiger charge is -2.41. The van der Waals surface area contributed by atoms with E-state index in [1.807, 2.05) is 0 Å². The van der Waals surface area contributed by atoms with Gasteiger partial charge >= 0.3 is 0 Å². The van der Waals surface area contributed by atoms with Crippen LogP contribution < -0.4 is 4.90 Å². The Kier molecular flexibility index (Phi) is 2.50. The highest BCUT2D eigenvalue weighted by molar-refractivity contribution is 5.31. The molecule has 0 aromatic rings. The van der Waals surface area contributed by atoms with Crippen molar-refractivity contribution in [2.24, 2.45) is 11.3 Å². The third-order valence-corrected chi connectivity index (χ3v) is 5.42. The van der Waals surface area contributed by atoms with Crippen LogP contribution in [0.2, 0.25) is 0 Å². The fourth-order valence-corrected chi connectivity index (χ4v) is 4.26. The van der Waals surface area contributed by atoms with Gasteiger partial charge in [-0.2, -0.15) is 0 Å². The number of hydrogen-bond donors (Lipinski definition) is 1. The van der Waals surface area contributed by atoms with Crippen molar-refractivity contribution in [3.63, 3.8) is 0 Å². The summed E-state index contributed by atoms with van der Waals surface area (Å²) in [5.74, 6) is 0.901. The van der Waals surface area contributed by atoms with Gasteiger partial charge in [0.05, 0.1) is 13.1 Å². The number of fused-ring (bicyclic) bond motifs is 2. The highest BCUT2D eigenvalue weighted by Gasteiger charge is 2.62. The topological polar surface area (TPSA) is 4.44 Å². The molecule has 2 aliphatic carbocycles. The smallest absolute Gasteiger partial charge is 0.120 e. The summed E-state index contributed by atoms with van der Waals surface area (Å²) in [6.07, 6.45) is 4.21. The van der Waals surface area contributed by atoms with Crippen molar-refractivity contribution in [1.29, 1.82) is 0 Å². The zero-order valence-electron chi connectivity index (χ0n) is 10.8. The summed E-state index contributed by atoms with van der Waals surface area (Å²) in [6, 6.07) is 0. The van der Waals surface area contributed by atoms with E-state index in [4.69, 9.17) is 0 Å². The summed E-state index contributed by atoms with van der Waals surface area (Å²) in [5, 5.41) is 0. The molecule has 2 saturated carbocycles. The van der Waals surface area contributed by atoms with Crippen LogP contribution in [0.5, 0.6) is 0 Å². The Labute approximate surface area is 94.5 Å². The summed E-state index contributed by atoms with van der Waals surface area (Å²) in [4.78, 5) is 1.76. The van der Waals surface area contributed by atoms with Crippen LogP contribution in [0.3, 0.4) is 0 Å². The summed E-state index contributed by atoms with van der Waals surface area (Å²) >= 11 is 0. The first-order valence-corrected chi connectivity index (χ1v) is 6.54. The molecule has 2 aliphatic rings. The van der Waals surface area contributed by atoms with E-state index in [0.29, 0.717) is 11.0 Å². The molecule has 2 rings (SSSR count). The van der Waals surface area contributed by atoms with E-state index in [2.05, 4.69) is 34.3 Å². The molecule has 15 heavy (non-hydrogen) atoms. The molecular formula is C14H26N+. The minimum atomic E-state index is 0.397. The van der Waals surface area contributed by atoms with Crippen LogP contribution >= 0.6 is 0 Å². The molecule has 1 heteroatoms. The van der Waals surface area contributed by atoms with E-state index in [1.54, 1.807) is 10.5 Å². The van der Waals surface area contributed by atoms with Gasteiger partial charge in [-0.05, 0) is 37.2 Å². The predicted octanol–water partition coefficient (Wildman–Crippen LogP) is 2.05. The molecule has 86 valence electrons. The van der Waals surface area contributed by atoms with Crippen LogP contribution in [0.25, 0.3) is 0 Å². The second kappa shape index (κ2) is 3.35. The maximum atomic E-state index is 4.46. The predicted molar refractivity (Wildman–Crippen MR) is 65.0 cm³/mol. The lowest BCUT2D eigenvalue weighted by molar-refractivity contribution is -0.942. The van der Waals surface area contributed by atoms with Crippen molar-refractivity contribution < 1.29 is 4.90 Å². The van der Waals surface area contributed by atoms with Gasteiger partial charge in [-0.1, -0.05) is 20.4 Å². The Morgan fingerprint density at radius 2 is 1.93 bits per heavy atom. The SMILES string of the molecule is C=C1C(C)(C)[C@@H]2CC[C@@]1([NH+](CC)CC)C2. The molecule has 2 bridgehead atoms. The Balaban J connectivity index is 2.34. The van der Waals surface area contributed by atoms with Crippen molar-refractivity contribution in [2.45, 2.75) is 52.5 Å². The maximum Gasteiger partial charge on any atom is 0.120 e. The highest BCUT2D eigenvalue weighted by Crippen LogP contribution is 2.59. The van der Waals surface area contributed by atoms with Crippen LogP contribution in [0.1, 0.15) is 47.0 Å². The van der Waals surface area contributed by atoms with E-state index >= 15 is 0 Å². The van der Waals surface area contributed by atoms with Gasteiger partial charge in [0, 0.05) is 12.8 Å². The van der Waals surface area contributed by atoms with Gasteiger partial charge in [0.1, 0.15) is 5.54 Å². The van der Waals surface area contributed by atoms with E-state index in [9.17, 15) is 0 Å². The molecule has 0 unspecified atom stereocenters. The van der Waals surface area contributed by atoms with Gasteiger partial charge in [-0.3, -0.25) is 0 Å². The molecule has 0 spiro atoms. The largest absolute Gasteiger partial charge is 0.327 e. The number of hydrogen-bond acceptors (Lipinski definition) is 0. The van der Waals surface area contributed by atoms with Crippen LogP contribution in [-0.2, 0) is 0 Å². The molecule has 1 nitrogen and oxygen atoms in total. The quantitative estimate of drug-likeness (QED) is 0.677. The second-order valence-corrected chi connectivity index (χ2v) is 6.03. The minimum absolute atomic E-state index is 0.397. The second-order valence-electron chi connectivity index (χ2n) is 6.03. The standard InChI is InChI=1S/C14H25N/c1-6-15(7-2)14-9-8-12(10-14)13(4,5)11(14)3/h12H,3,6-10H2,1-2,4-5H3/p+1/t12-,14-/m1/s1. The van der Waals surface area contributed by atoms with Crippen LogP contribution in [-0.4, -0.2) is 18.6 Å². The van der Waals surface area contributed by atoms with Gasteiger partial charge < -0.3 is 4.90 Å². The summed E-state index contributed by atoms with van der Waals surface area (Å²) in [6.45, 7) is 16.4. The van der Waals surface area contributed by atoms with Crippen LogP contribution in [0.15, 0.2) is 12.2 Å². The van der Waals surface area contributed by atoms with E-state index < -0.39 is 0 Å². The Hall–Kier alpha value is -0.300. The summed E-state index contributed by atoms with van der Waals surface area (Å²) in [5.41, 5.74) is 2.39. The zero-order chi connectivity index (χ0) is 11.3. The molecule has 0 aromatic carbocycles. The fraction of sp³-hybridized carbons (Fsp3) is 0.857. The van der Waals surface area contributed by atoms with Gasteiger partial charge in [0.25, 0.3) is 0 Å². The third-order valence-electron chi connectivity index (χ3n) is 5.42. The first-order chi connectivity index (χ1) is 6.99. The van der Waals surface area contributed by atoms with Gasteiger partial charge in [0.15, 0.2) is 0 Å². The van der Waals surface area contributed by atoms with Crippen molar-refractivity contribution in [1.82, 2.24) is 0 Å². The number of rotatable bonds is 3. The first-order valence-electron chi connectivity index (χ1n) is 6.54. The molecular weight excluding hydrogens is 182 g/mol. The van der Waals surface area contributed by atoms with Crippen molar-refractivity contribution in [2.75, 3.05) is 13.1 Å². The zero-order valence-corrected chi connectivity index (χ0v) is 10.8. The van der Waals surface area contributed by atoms with Crippen molar-refractivity contribution >= 4 is 0 Å². The lowest BCUT2D eigenvalue weighted by Crippen LogP contribution is -3.19. The number of quaternary nitrogens is 1. The Morgan fingerprint density at radius 3 is 2.33 bits per heavy atom. The molecule has 2 atom stereocenters. The van der Waals surface area contributed by atoms with Gasteiger partial charge in [-0.15, -0.1) is 0 Å². The normalized spacial score (nSPS) is 37.9.